The van der Waals surface area contributed by atoms with Gasteiger partial charge in [0.15, 0.2) is 17.4 Å². The van der Waals surface area contributed by atoms with E-state index in [1.54, 1.807) is 29.7 Å². The number of fused-ring (bicyclic) bond motifs is 1. The molecule has 0 saturated heterocycles. The second-order valence-electron chi connectivity index (χ2n) is 8.03. The number of carbonyl (C=O) groups excluding carboxylic acids is 1. The number of anilines is 3. The van der Waals surface area contributed by atoms with E-state index in [-0.39, 0.29) is 5.78 Å². The van der Waals surface area contributed by atoms with Crippen LogP contribution in [0.5, 0.6) is 0 Å². The number of nitrogens with zero attached hydrogens (tertiary/aromatic N) is 8. The molecule has 1 aliphatic heterocycles. The zero-order valence-electron chi connectivity index (χ0n) is 18.9. The lowest BCUT2D eigenvalue weighted by atomic mass is 10.2. The Hall–Kier alpha value is -4.62. The normalized spacial score (nSPS) is 13.7. The van der Waals surface area contributed by atoms with Gasteiger partial charge in [0.2, 0.25) is 0 Å². The van der Waals surface area contributed by atoms with Crippen molar-refractivity contribution < 1.29 is 4.79 Å². The number of rotatable bonds is 5. The number of ketones is 1. The van der Waals surface area contributed by atoms with Gasteiger partial charge in [-0.15, -0.1) is 5.10 Å². The van der Waals surface area contributed by atoms with Gasteiger partial charge in [-0.1, -0.05) is 0 Å². The summed E-state index contributed by atoms with van der Waals surface area (Å²) >= 11 is 0. The summed E-state index contributed by atoms with van der Waals surface area (Å²) in [6.45, 7) is 3.85. The van der Waals surface area contributed by atoms with Crippen molar-refractivity contribution in [1.82, 2.24) is 29.7 Å². The zero-order chi connectivity index (χ0) is 23.8. The first-order valence-electron chi connectivity index (χ1n) is 10.6. The first kappa shape index (κ1) is 21.2. The third-order valence-electron chi connectivity index (χ3n) is 5.51. The molecule has 168 valence electrons. The smallest absolute Gasteiger partial charge is 0.163 e. The van der Waals surface area contributed by atoms with Crippen LogP contribution in [0.15, 0.2) is 60.6 Å². The zero-order valence-corrected chi connectivity index (χ0v) is 18.9. The molecule has 0 unspecified atom stereocenters. The van der Waals surface area contributed by atoms with Crippen LogP contribution in [-0.2, 0) is 0 Å². The molecule has 10 nitrogen and oxygen atoms in total. The summed E-state index contributed by atoms with van der Waals surface area (Å²) in [6.07, 6.45) is 3.40. The van der Waals surface area contributed by atoms with Crippen molar-refractivity contribution in [2.75, 3.05) is 23.9 Å². The number of likely N-dealkylation sites (N-methyl/N-ethyl adjacent to an activating group) is 1. The van der Waals surface area contributed by atoms with Gasteiger partial charge in [0.25, 0.3) is 0 Å². The van der Waals surface area contributed by atoms with Gasteiger partial charge < -0.3 is 5.32 Å². The lowest BCUT2D eigenvalue weighted by Crippen LogP contribution is -2.33. The SMILES string of the molecule is CC(=O)c1ccc(-n2cnc3cc(Nc4ccc(C)nn4)ccc32)nc1N1C=C(C#N)CN1C. The number of Topliss-reactive ketones (excluding diaryl/α,β-unsaturated/α-hetero) is 1. The second kappa shape index (κ2) is 8.38. The molecule has 5 rings (SSSR count). The Labute approximate surface area is 195 Å². The van der Waals surface area contributed by atoms with Crippen LogP contribution in [0.2, 0.25) is 0 Å². The van der Waals surface area contributed by atoms with Gasteiger partial charge in [-0.2, -0.15) is 10.4 Å². The van der Waals surface area contributed by atoms with E-state index in [0.29, 0.717) is 35.1 Å². The summed E-state index contributed by atoms with van der Waals surface area (Å²) in [6, 6.07) is 15.3. The summed E-state index contributed by atoms with van der Waals surface area (Å²) in [7, 11) is 1.85. The fourth-order valence-electron chi connectivity index (χ4n) is 3.81. The summed E-state index contributed by atoms with van der Waals surface area (Å²) in [5, 5.41) is 24.3. The molecule has 10 heteroatoms. The van der Waals surface area contributed by atoms with Crippen molar-refractivity contribution in [2.45, 2.75) is 13.8 Å². The number of nitriles is 1. The van der Waals surface area contributed by atoms with Crippen molar-refractivity contribution in [3.05, 3.63) is 71.8 Å². The number of hydrogen-bond donors (Lipinski definition) is 1. The average molecular weight is 451 g/mol. The van der Waals surface area contributed by atoms with Gasteiger partial charge >= 0.3 is 0 Å². The Kier molecular flexibility index (Phi) is 5.24. The molecule has 0 aliphatic carbocycles. The molecule has 4 aromatic rings. The third kappa shape index (κ3) is 3.85. The van der Waals surface area contributed by atoms with Crippen molar-refractivity contribution in [2.24, 2.45) is 0 Å². The number of imidazole rings is 1. The van der Waals surface area contributed by atoms with Crippen molar-refractivity contribution in [3.63, 3.8) is 0 Å². The molecule has 1 aromatic carbocycles. The van der Waals surface area contributed by atoms with E-state index in [1.165, 1.54) is 6.92 Å². The molecule has 0 fully saturated rings. The lowest BCUT2D eigenvalue weighted by Gasteiger charge is -2.25. The molecule has 1 N–H and O–H groups in total. The van der Waals surface area contributed by atoms with Crippen LogP contribution >= 0.6 is 0 Å². The minimum atomic E-state index is -0.105. The third-order valence-corrected chi connectivity index (χ3v) is 5.51. The highest BCUT2D eigenvalue weighted by Gasteiger charge is 2.25. The summed E-state index contributed by atoms with van der Waals surface area (Å²) in [4.78, 5) is 21.6. The topological polar surface area (TPSA) is 116 Å². The van der Waals surface area contributed by atoms with Crippen molar-refractivity contribution >= 4 is 34.1 Å². The molecule has 0 atom stereocenters. The fourth-order valence-corrected chi connectivity index (χ4v) is 3.81. The summed E-state index contributed by atoms with van der Waals surface area (Å²) in [5.41, 5.74) is 4.38. The van der Waals surface area contributed by atoms with Crippen molar-refractivity contribution in [1.29, 1.82) is 5.26 Å². The first-order valence-corrected chi connectivity index (χ1v) is 10.6. The van der Waals surface area contributed by atoms with E-state index in [2.05, 4.69) is 26.6 Å². The van der Waals surface area contributed by atoms with Gasteiger partial charge in [0.05, 0.1) is 40.5 Å². The molecule has 1 aliphatic rings. The maximum Gasteiger partial charge on any atom is 0.163 e. The van der Waals surface area contributed by atoms with Crippen LogP contribution in [0, 0.1) is 18.3 Å². The number of benzene rings is 1. The number of nitrogens with one attached hydrogen (secondary N) is 1. The Bertz CT molecular complexity index is 1480. The molecule has 4 heterocycles. The predicted molar refractivity (Wildman–Crippen MR) is 128 cm³/mol. The average Bonchev–Trinajstić information content (AvgIpc) is 3.43. The number of hydrogen-bond acceptors (Lipinski definition) is 9. The number of aromatic nitrogens is 5. The predicted octanol–water partition coefficient (Wildman–Crippen LogP) is 3.54. The van der Waals surface area contributed by atoms with E-state index in [4.69, 9.17) is 4.98 Å². The Morgan fingerprint density at radius 1 is 1.15 bits per heavy atom. The largest absolute Gasteiger partial charge is 0.339 e. The molecule has 34 heavy (non-hydrogen) atoms. The quantitative estimate of drug-likeness (QED) is 0.455. The number of carbonyl (C=O) groups is 1. The van der Waals surface area contributed by atoms with Crippen LogP contribution < -0.4 is 10.3 Å². The van der Waals surface area contributed by atoms with Gasteiger partial charge in [-0.05, 0) is 56.3 Å². The first-order chi connectivity index (χ1) is 16.4. The maximum atomic E-state index is 12.3. The number of aryl methyl sites for hydroxylation is 1. The Morgan fingerprint density at radius 2 is 2.00 bits per heavy atom. The number of hydrazine groups is 1. The number of pyridine rings is 1. The minimum absolute atomic E-state index is 0.105. The molecule has 0 amide bonds. The van der Waals surface area contributed by atoms with E-state index in [9.17, 15) is 10.1 Å². The molecule has 0 bridgehead atoms. The van der Waals surface area contributed by atoms with Gasteiger partial charge in [0.1, 0.15) is 12.1 Å². The summed E-state index contributed by atoms with van der Waals surface area (Å²) < 4.78 is 1.86. The lowest BCUT2D eigenvalue weighted by molar-refractivity contribution is 0.101. The van der Waals surface area contributed by atoms with Crippen LogP contribution in [0.1, 0.15) is 23.0 Å². The molecular weight excluding hydrogens is 430 g/mol. The van der Waals surface area contributed by atoms with Gasteiger partial charge in [-0.3, -0.25) is 14.4 Å². The van der Waals surface area contributed by atoms with Crippen molar-refractivity contribution in [3.8, 4) is 11.9 Å². The van der Waals surface area contributed by atoms with E-state index in [0.717, 1.165) is 22.4 Å². The van der Waals surface area contributed by atoms with Crippen LogP contribution in [0.3, 0.4) is 0 Å². The van der Waals surface area contributed by atoms with Gasteiger partial charge in [0, 0.05) is 18.9 Å². The van der Waals surface area contributed by atoms with E-state index < -0.39 is 0 Å². The molecule has 0 saturated carbocycles. The Morgan fingerprint density at radius 3 is 2.71 bits per heavy atom. The summed E-state index contributed by atoms with van der Waals surface area (Å²) in [5.74, 6) is 1.62. The van der Waals surface area contributed by atoms with E-state index in [1.807, 2.05) is 53.9 Å². The molecule has 0 spiro atoms. The van der Waals surface area contributed by atoms with Gasteiger partial charge in [-0.25, -0.2) is 15.0 Å². The molecule has 3 aromatic heterocycles. The Balaban J connectivity index is 1.52. The minimum Gasteiger partial charge on any atom is -0.339 e. The standard InChI is InChI=1S/C24H21N9O/c1-15-4-8-22(30-29-15)27-18-5-7-21-20(10-18)26-14-32(21)23-9-6-19(16(2)34)24(28-23)33-13-17(11-25)12-31(33)3/h4-10,13-14H,12H2,1-3H3,(H,27,30). The van der Waals surface area contributed by atoms with Crippen LogP contribution in [0.4, 0.5) is 17.3 Å². The second-order valence-corrected chi connectivity index (χ2v) is 8.03. The highest BCUT2D eigenvalue weighted by atomic mass is 16.1. The van der Waals surface area contributed by atoms with Crippen LogP contribution in [0.25, 0.3) is 16.9 Å². The highest BCUT2D eigenvalue weighted by Crippen LogP contribution is 2.28. The van der Waals surface area contributed by atoms with Crippen LogP contribution in [-0.4, -0.2) is 49.1 Å². The highest BCUT2D eigenvalue weighted by molar-refractivity contribution is 5.99. The van der Waals surface area contributed by atoms with E-state index >= 15 is 0 Å². The maximum absolute atomic E-state index is 12.3. The molecule has 0 radical (unpaired) electrons. The monoisotopic (exact) mass is 451 g/mol. The molecular formula is C24H21N9O. The fraction of sp³-hybridized carbons (Fsp3) is 0.167.